The highest BCUT2D eigenvalue weighted by Crippen LogP contribution is 2.22. The monoisotopic (exact) mass is 431 g/mol. The zero-order valence-corrected chi connectivity index (χ0v) is 17.8. The van der Waals surface area contributed by atoms with E-state index >= 15 is 0 Å². The van der Waals surface area contributed by atoms with Crippen molar-refractivity contribution in [1.82, 2.24) is 13.8 Å². The molecule has 0 unspecified atom stereocenters. The van der Waals surface area contributed by atoms with E-state index < -0.39 is 15.6 Å². The number of halogens is 1. The number of hydrogen-bond acceptors (Lipinski definition) is 5. The SMILES string of the molecule is CCN(CC)S(=O)(=O)c1ccc(=O)n(CC(=O)N(C)Cc2ccc(Cl)s2)c1. The molecule has 2 heterocycles. The molecule has 0 aliphatic carbocycles. The summed E-state index contributed by atoms with van der Waals surface area (Å²) in [7, 11) is -2.08. The first-order valence-electron chi connectivity index (χ1n) is 8.37. The summed E-state index contributed by atoms with van der Waals surface area (Å²) in [6.07, 6.45) is 1.23. The van der Waals surface area contributed by atoms with Crippen LogP contribution in [-0.4, -0.2) is 48.2 Å². The maximum atomic E-state index is 12.6. The molecule has 0 saturated heterocycles. The molecular weight excluding hydrogens is 410 g/mol. The Morgan fingerprint density at radius 2 is 1.85 bits per heavy atom. The molecule has 0 bridgehead atoms. The predicted octanol–water partition coefficient (Wildman–Crippen LogP) is 2.25. The minimum atomic E-state index is -3.71. The summed E-state index contributed by atoms with van der Waals surface area (Å²) < 4.78 is 28.3. The number of pyridine rings is 1. The Morgan fingerprint density at radius 3 is 2.41 bits per heavy atom. The third-order valence-corrected chi connectivity index (χ3v) is 7.30. The van der Waals surface area contributed by atoms with E-state index in [-0.39, 0.29) is 17.3 Å². The van der Waals surface area contributed by atoms with Crippen molar-refractivity contribution in [1.29, 1.82) is 0 Å². The number of hydrogen-bond donors (Lipinski definition) is 0. The molecule has 0 aliphatic rings. The minimum absolute atomic E-state index is 0.00806. The molecule has 0 aromatic carbocycles. The first kappa shape index (κ1) is 21.6. The number of thiophene rings is 1. The Bertz CT molecular complexity index is 965. The van der Waals surface area contributed by atoms with Gasteiger partial charge < -0.3 is 9.47 Å². The largest absolute Gasteiger partial charge is 0.339 e. The summed E-state index contributed by atoms with van der Waals surface area (Å²) >= 11 is 7.27. The van der Waals surface area contributed by atoms with Crippen molar-refractivity contribution in [3.05, 3.63) is 50.0 Å². The Kier molecular flexibility index (Phi) is 7.21. The van der Waals surface area contributed by atoms with Crippen LogP contribution in [0.15, 0.2) is 40.2 Å². The fourth-order valence-corrected chi connectivity index (χ4v) is 5.14. The predicted molar refractivity (Wildman–Crippen MR) is 107 cm³/mol. The smallest absolute Gasteiger partial charge is 0.251 e. The van der Waals surface area contributed by atoms with E-state index in [1.807, 2.05) is 6.07 Å². The molecule has 10 heteroatoms. The second-order valence-electron chi connectivity index (χ2n) is 5.88. The van der Waals surface area contributed by atoms with Crippen LogP contribution in [0.4, 0.5) is 0 Å². The lowest BCUT2D eigenvalue weighted by atomic mass is 10.4. The molecule has 0 N–H and O–H groups in total. The highest BCUT2D eigenvalue weighted by Gasteiger charge is 2.23. The van der Waals surface area contributed by atoms with E-state index in [4.69, 9.17) is 11.6 Å². The van der Waals surface area contributed by atoms with Crippen LogP contribution < -0.4 is 5.56 Å². The number of nitrogens with zero attached hydrogens (tertiary/aromatic N) is 3. The number of amides is 1. The molecule has 0 saturated carbocycles. The molecule has 7 nitrogen and oxygen atoms in total. The van der Waals surface area contributed by atoms with Gasteiger partial charge in [-0.3, -0.25) is 9.59 Å². The van der Waals surface area contributed by atoms with Crippen molar-refractivity contribution >= 4 is 38.9 Å². The minimum Gasteiger partial charge on any atom is -0.339 e. The molecule has 0 fully saturated rings. The second kappa shape index (κ2) is 9.01. The quantitative estimate of drug-likeness (QED) is 0.642. The van der Waals surface area contributed by atoms with Gasteiger partial charge in [0.2, 0.25) is 15.9 Å². The number of carbonyl (C=O) groups excluding carboxylic acids is 1. The van der Waals surface area contributed by atoms with E-state index in [9.17, 15) is 18.0 Å². The van der Waals surface area contributed by atoms with Gasteiger partial charge in [-0.1, -0.05) is 25.4 Å². The van der Waals surface area contributed by atoms with Gasteiger partial charge in [0, 0.05) is 37.3 Å². The molecule has 148 valence electrons. The lowest BCUT2D eigenvalue weighted by molar-refractivity contribution is -0.131. The van der Waals surface area contributed by atoms with Crippen LogP contribution in [0.25, 0.3) is 0 Å². The summed E-state index contributed by atoms with van der Waals surface area (Å²) in [5, 5.41) is 0. The zero-order chi connectivity index (χ0) is 20.2. The van der Waals surface area contributed by atoms with E-state index in [0.29, 0.717) is 24.0 Å². The van der Waals surface area contributed by atoms with Crippen LogP contribution in [0.3, 0.4) is 0 Å². The molecule has 0 atom stereocenters. The third-order valence-electron chi connectivity index (χ3n) is 4.05. The molecule has 0 aliphatic heterocycles. The van der Waals surface area contributed by atoms with Crippen LogP contribution >= 0.6 is 22.9 Å². The van der Waals surface area contributed by atoms with Gasteiger partial charge in [0.1, 0.15) is 6.54 Å². The maximum Gasteiger partial charge on any atom is 0.251 e. The molecule has 27 heavy (non-hydrogen) atoms. The Hall–Kier alpha value is -1.68. The molecule has 2 rings (SSSR count). The summed E-state index contributed by atoms with van der Waals surface area (Å²) in [4.78, 5) is 26.9. The van der Waals surface area contributed by atoms with Crippen molar-refractivity contribution in [3.63, 3.8) is 0 Å². The van der Waals surface area contributed by atoms with E-state index in [2.05, 4.69) is 0 Å². The number of carbonyl (C=O) groups is 1. The van der Waals surface area contributed by atoms with Crippen LogP contribution in [0.1, 0.15) is 18.7 Å². The number of rotatable bonds is 8. The lowest BCUT2D eigenvalue weighted by Gasteiger charge is -2.20. The van der Waals surface area contributed by atoms with E-state index in [0.717, 1.165) is 9.44 Å². The maximum absolute atomic E-state index is 12.6. The van der Waals surface area contributed by atoms with Crippen LogP contribution in [0.2, 0.25) is 4.34 Å². The van der Waals surface area contributed by atoms with Crippen molar-refractivity contribution in [2.24, 2.45) is 0 Å². The number of likely N-dealkylation sites (N-methyl/N-ethyl adjacent to an activating group) is 1. The average Bonchev–Trinajstić information content (AvgIpc) is 3.02. The Balaban J connectivity index is 2.21. The second-order valence-corrected chi connectivity index (χ2v) is 9.61. The van der Waals surface area contributed by atoms with Crippen LogP contribution in [-0.2, 0) is 27.9 Å². The van der Waals surface area contributed by atoms with Gasteiger partial charge in [0.05, 0.1) is 15.8 Å². The highest BCUT2D eigenvalue weighted by atomic mass is 35.5. The van der Waals surface area contributed by atoms with E-state index in [1.54, 1.807) is 27.0 Å². The van der Waals surface area contributed by atoms with Gasteiger partial charge in [-0.25, -0.2) is 8.42 Å². The fraction of sp³-hybridized carbons (Fsp3) is 0.412. The van der Waals surface area contributed by atoms with Crippen LogP contribution in [0, 0.1) is 0 Å². The van der Waals surface area contributed by atoms with Crippen molar-refractivity contribution in [3.8, 4) is 0 Å². The third kappa shape index (κ3) is 5.19. The van der Waals surface area contributed by atoms with Gasteiger partial charge >= 0.3 is 0 Å². The van der Waals surface area contributed by atoms with Crippen LogP contribution in [0.5, 0.6) is 0 Å². The van der Waals surface area contributed by atoms with Gasteiger partial charge in [-0.2, -0.15) is 4.31 Å². The summed E-state index contributed by atoms with van der Waals surface area (Å²) in [5.41, 5.74) is -0.436. The fourth-order valence-electron chi connectivity index (χ4n) is 2.52. The van der Waals surface area contributed by atoms with E-state index in [1.165, 1.54) is 38.9 Å². The van der Waals surface area contributed by atoms with Crippen molar-refractivity contribution in [2.75, 3.05) is 20.1 Å². The Labute approximate surface area is 167 Å². The summed E-state index contributed by atoms with van der Waals surface area (Å²) in [6.45, 7) is 4.25. The number of sulfonamides is 1. The van der Waals surface area contributed by atoms with Gasteiger partial charge in [0.25, 0.3) is 5.56 Å². The Morgan fingerprint density at radius 1 is 1.19 bits per heavy atom. The molecule has 0 spiro atoms. The lowest BCUT2D eigenvalue weighted by Crippen LogP contribution is -2.35. The average molecular weight is 432 g/mol. The molecule has 2 aromatic heterocycles. The first-order valence-corrected chi connectivity index (χ1v) is 11.0. The zero-order valence-electron chi connectivity index (χ0n) is 15.4. The van der Waals surface area contributed by atoms with Crippen molar-refractivity contribution in [2.45, 2.75) is 31.8 Å². The standard InChI is InChI=1S/C17H22ClN3O4S2/c1-4-21(5-2)27(24,25)14-7-9-16(22)20(11-14)12-17(23)19(3)10-13-6-8-15(18)26-13/h6-9,11H,4-5,10,12H2,1-3H3. The highest BCUT2D eigenvalue weighted by molar-refractivity contribution is 7.89. The normalized spacial score (nSPS) is 11.7. The molecule has 0 radical (unpaired) electrons. The topological polar surface area (TPSA) is 79.7 Å². The number of aromatic nitrogens is 1. The van der Waals surface area contributed by atoms with Gasteiger partial charge in [-0.05, 0) is 18.2 Å². The first-order chi connectivity index (χ1) is 12.7. The molecule has 1 amide bonds. The summed E-state index contributed by atoms with van der Waals surface area (Å²) in [5.74, 6) is -0.306. The summed E-state index contributed by atoms with van der Waals surface area (Å²) in [6, 6.07) is 6.03. The molecule has 2 aromatic rings. The van der Waals surface area contributed by atoms with Crippen molar-refractivity contribution < 1.29 is 13.2 Å². The van der Waals surface area contributed by atoms with Gasteiger partial charge in [-0.15, -0.1) is 11.3 Å². The van der Waals surface area contributed by atoms with Gasteiger partial charge in [0.15, 0.2) is 0 Å². The molecular formula is C17H22ClN3O4S2.